The van der Waals surface area contributed by atoms with Crippen LogP contribution in [0.3, 0.4) is 0 Å². The highest BCUT2D eigenvalue weighted by Gasteiger charge is 2.27. The number of nitrogens with zero attached hydrogens (tertiary/aromatic N) is 3. The average Bonchev–Trinajstić information content (AvgIpc) is 3.05. The molecular weight excluding hydrogens is 393 g/mol. The third-order valence-corrected chi connectivity index (χ3v) is 6.49. The molecular formula is C25H28FN3O2. The maximum absolute atomic E-state index is 12.7. The molecule has 31 heavy (non-hydrogen) atoms. The first-order valence-corrected chi connectivity index (χ1v) is 11.1. The highest BCUT2D eigenvalue weighted by molar-refractivity contribution is 5.85. The number of likely N-dealkylation sites (tertiary alicyclic amines) is 1. The lowest BCUT2D eigenvalue weighted by Gasteiger charge is -2.37. The lowest BCUT2D eigenvalue weighted by molar-refractivity contribution is 0.0727. The molecule has 5 nitrogen and oxygen atoms in total. The van der Waals surface area contributed by atoms with Gasteiger partial charge in [0.1, 0.15) is 11.4 Å². The molecule has 1 aliphatic carbocycles. The minimum atomic E-state index is -0.241. The number of phenolic OH excluding ortho intramolecular Hbond substituents is 1. The Morgan fingerprint density at radius 3 is 2.81 bits per heavy atom. The van der Waals surface area contributed by atoms with Crippen LogP contribution in [0.25, 0.3) is 11.2 Å². The van der Waals surface area contributed by atoms with Crippen molar-refractivity contribution in [3.8, 4) is 5.75 Å². The molecule has 3 heterocycles. The third-order valence-electron chi connectivity index (χ3n) is 6.49. The van der Waals surface area contributed by atoms with Crippen molar-refractivity contribution in [2.24, 2.45) is 5.92 Å². The summed E-state index contributed by atoms with van der Waals surface area (Å²) in [5, 5.41) is 19.7. The van der Waals surface area contributed by atoms with E-state index in [-0.39, 0.29) is 24.9 Å². The Morgan fingerprint density at radius 2 is 2.00 bits per heavy atom. The van der Waals surface area contributed by atoms with E-state index in [4.69, 9.17) is 4.98 Å². The number of hydrogen-bond acceptors (Lipinski definition) is 4. The number of aliphatic hydroxyl groups excluding tert-OH is 1. The molecule has 1 aliphatic heterocycles. The summed E-state index contributed by atoms with van der Waals surface area (Å²) in [5.74, 6) is 0.466. The monoisotopic (exact) mass is 421 g/mol. The third kappa shape index (κ3) is 3.98. The molecule has 0 bridgehead atoms. The van der Waals surface area contributed by atoms with Crippen LogP contribution in [0.1, 0.15) is 41.6 Å². The molecule has 2 N–H and O–H groups in total. The molecule has 3 aromatic rings. The first-order valence-electron chi connectivity index (χ1n) is 11.1. The Morgan fingerprint density at radius 1 is 1.13 bits per heavy atom. The summed E-state index contributed by atoms with van der Waals surface area (Å²) in [7, 11) is 0. The van der Waals surface area contributed by atoms with Crippen LogP contribution < -0.4 is 0 Å². The molecule has 1 aromatic carbocycles. The molecule has 0 atom stereocenters. The summed E-state index contributed by atoms with van der Waals surface area (Å²) in [6, 6.07) is 9.81. The van der Waals surface area contributed by atoms with Gasteiger partial charge in [-0.2, -0.15) is 0 Å². The van der Waals surface area contributed by atoms with E-state index in [1.54, 1.807) is 6.07 Å². The van der Waals surface area contributed by atoms with Gasteiger partial charge >= 0.3 is 0 Å². The predicted octanol–water partition coefficient (Wildman–Crippen LogP) is 3.96. The van der Waals surface area contributed by atoms with Crippen LogP contribution >= 0.6 is 0 Å². The van der Waals surface area contributed by atoms with E-state index in [9.17, 15) is 14.6 Å². The minimum absolute atomic E-state index is 0.123. The first kappa shape index (κ1) is 20.2. The van der Waals surface area contributed by atoms with Crippen LogP contribution in [0.2, 0.25) is 0 Å². The maximum atomic E-state index is 12.7. The number of alkyl halides is 1. The Labute approximate surface area is 181 Å². The fourth-order valence-corrected chi connectivity index (χ4v) is 4.98. The molecule has 2 aliphatic rings. The van der Waals surface area contributed by atoms with Gasteiger partial charge in [0.2, 0.25) is 0 Å². The first-order chi connectivity index (χ1) is 15.1. The highest BCUT2D eigenvalue weighted by Crippen LogP contribution is 2.38. The Kier molecular flexibility index (Phi) is 5.50. The van der Waals surface area contributed by atoms with Crippen molar-refractivity contribution in [3.05, 3.63) is 70.7 Å². The second-order valence-corrected chi connectivity index (χ2v) is 8.77. The Bertz CT molecular complexity index is 1130. The summed E-state index contributed by atoms with van der Waals surface area (Å²) in [6.07, 6.45) is 7.57. The van der Waals surface area contributed by atoms with Crippen molar-refractivity contribution < 1.29 is 14.6 Å². The summed E-state index contributed by atoms with van der Waals surface area (Å²) in [5.41, 5.74) is 7.65. The molecule has 0 unspecified atom stereocenters. The van der Waals surface area contributed by atoms with Gasteiger partial charge in [0.25, 0.3) is 0 Å². The van der Waals surface area contributed by atoms with Gasteiger partial charge < -0.3 is 14.6 Å². The van der Waals surface area contributed by atoms with E-state index in [1.807, 2.05) is 28.9 Å². The zero-order valence-electron chi connectivity index (χ0n) is 17.6. The molecule has 0 radical (unpaired) electrons. The Balaban J connectivity index is 1.52. The maximum Gasteiger partial charge on any atom is 0.137 e. The van der Waals surface area contributed by atoms with Crippen molar-refractivity contribution in [2.75, 3.05) is 26.4 Å². The summed E-state index contributed by atoms with van der Waals surface area (Å²) >= 11 is 0. The van der Waals surface area contributed by atoms with Gasteiger partial charge in [-0.25, -0.2) is 4.98 Å². The van der Waals surface area contributed by atoms with Gasteiger partial charge in [-0.1, -0.05) is 11.6 Å². The molecule has 2 aromatic heterocycles. The molecule has 162 valence electrons. The standard InChI is InChI=1S/C25H28FN3O2/c26-12-17-13-28(14-17)15-21-16-29-8-6-20(11-24(29)27-21)25-18(7-9-30)2-1-3-19-10-22(31)4-5-23(19)25/h4-6,8,10-11,16-17,30-31H,1-3,7,9,12-15H2. The molecule has 6 heteroatoms. The van der Waals surface area contributed by atoms with Crippen LogP contribution in [0.15, 0.2) is 48.3 Å². The van der Waals surface area contributed by atoms with E-state index in [1.165, 1.54) is 5.57 Å². The SMILES string of the molecule is OCCC1=C(c2ccn3cc(CN4CC(CF)C4)nc3c2)c2ccc(O)cc2CCC1. The molecule has 0 spiro atoms. The molecule has 0 amide bonds. The number of benzene rings is 1. The van der Waals surface area contributed by atoms with Gasteiger partial charge in [-0.15, -0.1) is 0 Å². The lowest BCUT2D eigenvalue weighted by Crippen LogP contribution is -2.46. The van der Waals surface area contributed by atoms with E-state index < -0.39 is 0 Å². The fourth-order valence-electron chi connectivity index (χ4n) is 4.98. The van der Waals surface area contributed by atoms with Crippen LogP contribution in [0.5, 0.6) is 5.75 Å². The average molecular weight is 422 g/mol. The normalized spacial score (nSPS) is 17.6. The molecule has 1 fully saturated rings. The van der Waals surface area contributed by atoms with Gasteiger partial charge in [-0.3, -0.25) is 9.29 Å². The number of imidazole rings is 1. The molecule has 5 rings (SSSR count). The Hall–Kier alpha value is -2.70. The van der Waals surface area contributed by atoms with Crippen LogP contribution in [0.4, 0.5) is 4.39 Å². The van der Waals surface area contributed by atoms with Crippen molar-refractivity contribution in [1.29, 1.82) is 0 Å². The van der Waals surface area contributed by atoms with Crippen LogP contribution in [-0.2, 0) is 13.0 Å². The van der Waals surface area contributed by atoms with E-state index >= 15 is 0 Å². The van der Waals surface area contributed by atoms with E-state index in [2.05, 4.69) is 17.0 Å². The van der Waals surface area contributed by atoms with Gasteiger partial charge in [0, 0.05) is 44.6 Å². The quantitative estimate of drug-likeness (QED) is 0.633. The second kappa shape index (κ2) is 8.44. The second-order valence-electron chi connectivity index (χ2n) is 8.77. The number of rotatable bonds is 6. The van der Waals surface area contributed by atoms with Crippen molar-refractivity contribution in [1.82, 2.24) is 14.3 Å². The summed E-state index contributed by atoms with van der Waals surface area (Å²) in [6.45, 7) is 2.23. The number of pyridine rings is 1. The number of aliphatic hydroxyl groups is 1. The summed E-state index contributed by atoms with van der Waals surface area (Å²) < 4.78 is 14.7. The molecule has 1 saturated heterocycles. The lowest BCUT2D eigenvalue weighted by atomic mass is 9.90. The predicted molar refractivity (Wildman–Crippen MR) is 119 cm³/mol. The highest BCUT2D eigenvalue weighted by atomic mass is 19.1. The smallest absolute Gasteiger partial charge is 0.137 e. The minimum Gasteiger partial charge on any atom is -0.508 e. The van der Waals surface area contributed by atoms with Crippen molar-refractivity contribution in [2.45, 2.75) is 32.2 Å². The number of aromatic hydroxyl groups is 1. The topological polar surface area (TPSA) is 61.0 Å². The summed E-state index contributed by atoms with van der Waals surface area (Å²) in [4.78, 5) is 7.05. The van der Waals surface area contributed by atoms with E-state index in [0.717, 1.165) is 72.5 Å². The number of aryl methyl sites for hydroxylation is 1. The van der Waals surface area contributed by atoms with Crippen molar-refractivity contribution >= 4 is 11.2 Å². The van der Waals surface area contributed by atoms with Crippen molar-refractivity contribution in [3.63, 3.8) is 0 Å². The van der Waals surface area contributed by atoms with Gasteiger partial charge in [0.15, 0.2) is 0 Å². The number of halogens is 1. The van der Waals surface area contributed by atoms with Gasteiger partial charge in [-0.05, 0) is 72.2 Å². The zero-order chi connectivity index (χ0) is 21.4. The van der Waals surface area contributed by atoms with Gasteiger partial charge in [0.05, 0.1) is 12.4 Å². The largest absolute Gasteiger partial charge is 0.508 e. The number of hydrogen-bond donors (Lipinski definition) is 2. The number of phenols is 1. The zero-order valence-corrected chi connectivity index (χ0v) is 17.6. The molecule has 0 saturated carbocycles. The van der Waals surface area contributed by atoms with Crippen LogP contribution in [0, 0.1) is 5.92 Å². The number of aromatic nitrogens is 2. The van der Waals surface area contributed by atoms with E-state index in [0.29, 0.717) is 6.42 Å². The fraction of sp³-hybridized carbons (Fsp3) is 0.400. The van der Waals surface area contributed by atoms with Crippen LogP contribution in [-0.4, -0.2) is 50.9 Å². The number of fused-ring (bicyclic) bond motifs is 2.